The molecule has 0 spiro atoms. The van der Waals surface area contributed by atoms with Crippen LogP contribution < -0.4 is 0 Å². The lowest BCUT2D eigenvalue weighted by atomic mass is 10.2. The largest absolute Gasteiger partial charge is 0.477 e. The number of aromatic carboxylic acids is 1. The Morgan fingerprint density at radius 1 is 1.35 bits per heavy atom. The highest BCUT2D eigenvalue weighted by atomic mass is 32.1. The van der Waals surface area contributed by atoms with E-state index in [1.165, 1.54) is 11.3 Å². The number of thiophene rings is 1. The number of rotatable bonds is 4. The second kappa shape index (κ2) is 5.31. The van der Waals surface area contributed by atoms with Gasteiger partial charge in [-0.3, -0.25) is 4.79 Å². The van der Waals surface area contributed by atoms with Crippen LogP contribution in [0.4, 0.5) is 0 Å². The fraction of sp³-hybridized carbons (Fsp3) is 0.500. The fourth-order valence-corrected chi connectivity index (χ4v) is 2.09. The Bertz CT molecular complexity index is 414. The Labute approximate surface area is 104 Å². The third kappa shape index (κ3) is 4.99. The van der Waals surface area contributed by atoms with Crippen molar-refractivity contribution in [1.29, 1.82) is 0 Å². The molecular formula is C12H16O4S. The van der Waals surface area contributed by atoms with E-state index in [-0.39, 0.29) is 12.4 Å². The van der Waals surface area contributed by atoms with Gasteiger partial charge in [0.05, 0.1) is 6.42 Å². The molecule has 0 unspecified atom stereocenters. The predicted molar refractivity (Wildman–Crippen MR) is 65.4 cm³/mol. The lowest BCUT2D eigenvalue weighted by Gasteiger charge is -2.19. The number of carboxylic acid groups (broad SMARTS) is 1. The van der Waals surface area contributed by atoms with Gasteiger partial charge in [-0.2, -0.15) is 0 Å². The van der Waals surface area contributed by atoms with Crippen LogP contribution in [0.2, 0.25) is 0 Å². The molecule has 0 fully saturated rings. The second-order valence-corrected chi connectivity index (χ2v) is 5.83. The van der Waals surface area contributed by atoms with Crippen molar-refractivity contribution in [3.05, 3.63) is 21.9 Å². The lowest BCUT2D eigenvalue weighted by Crippen LogP contribution is -2.23. The van der Waals surface area contributed by atoms with Crippen molar-refractivity contribution in [2.75, 3.05) is 0 Å². The summed E-state index contributed by atoms with van der Waals surface area (Å²) in [5.74, 6) is -1.19. The van der Waals surface area contributed by atoms with E-state index in [0.717, 1.165) is 4.88 Å². The highest BCUT2D eigenvalue weighted by molar-refractivity contribution is 7.13. The van der Waals surface area contributed by atoms with E-state index in [1.807, 2.05) is 20.8 Å². The van der Waals surface area contributed by atoms with E-state index in [1.54, 1.807) is 12.1 Å². The minimum absolute atomic E-state index is 0.261. The molecule has 4 nitrogen and oxygen atoms in total. The third-order valence-corrected chi connectivity index (χ3v) is 3.00. The molecule has 1 rings (SSSR count). The van der Waals surface area contributed by atoms with Crippen LogP contribution in [0.15, 0.2) is 12.1 Å². The topological polar surface area (TPSA) is 63.6 Å². The lowest BCUT2D eigenvalue weighted by molar-refractivity contribution is -0.154. The van der Waals surface area contributed by atoms with Gasteiger partial charge in [-0.1, -0.05) is 0 Å². The van der Waals surface area contributed by atoms with Gasteiger partial charge in [-0.15, -0.1) is 11.3 Å². The zero-order chi connectivity index (χ0) is 13.1. The number of ether oxygens (including phenoxy) is 1. The van der Waals surface area contributed by atoms with Gasteiger partial charge in [-0.05, 0) is 39.3 Å². The monoisotopic (exact) mass is 256 g/mol. The average molecular weight is 256 g/mol. The molecule has 0 saturated heterocycles. The van der Waals surface area contributed by atoms with Gasteiger partial charge < -0.3 is 9.84 Å². The maximum absolute atomic E-state index is 11.4. The molecule has 0 aliphatic rings. The van der Waals surface area contributed by atoms with Crippen LogP contribution in [0.1, 0.15) is 41.7 Å². The molecule has 0 aliphatic heterocycles. The van der Waals surface area contributed by atoms with E-state index in [0.29, 0.717) is 11.3 Å². The summed E-state index contributed by atoms with van der Waals surface area (Å²) in [7, 11) is 0. The quantitative estimate of drug-likeness (QED) is 0.841. The van der Waals surface area contributed by atoms with Gasteiger partial charge in [0, 0.05) is 4.88 Å². The summed E-state index contributed by atoms with van der Waals surface area (Å²) in [6, 6.07) is 3.29. The van der Waals surface area contributed by atoms with Crippen molar-refractivity contribution >= 4 is 23.3 Å². The summed E-state index contributed by atoms with van der Waals surface area (Å²) in [5, 5.41) is 8.75. The Balaban J connectivity index is 2.45. The number of carbonyl (C=O) groups excluding carboxylic acids is 1. The minimum atomic E-state index is -0.932. The Hall–Kier alpha value is -1.36. The molecule has 1 heterocycles. The van der Waals surface area contributed by atoms with Gasteiger partial charge >= 0.3 is 11.9 Å². The molecule has 0 radical (unpaired) electrons. The van der Waals surface area contributed by atoms with Crippen molar-refractivity contribution < 1.29 is 19.4 Å². The fourth-order valence-electron chi connectivity index (χ4n) is 1.25. The van der Waals surface area contributed by atoms with Crippen molar-refractivity contribution in [1.82, 2.24) is 0 Å². The zero-order valence-corrected chi connectivity index (χ0v) is 11.0. The predicted octanol–water partition coefficient (Wildman–Crippen LogP) is 2.72. The number of hydrogen-bond acceptors (Lipinski definition) is 4. The average Bonchev–Trinajstić information content (AvgIpc) is 2.60. The molecule has 0 amide bonds. The molecule has 1 N–H and O–H groups in total. The molecule has 1 aromatic heterocycles. The van der Waals surface area contributed by atoms with Gasteiger partial charge in [0.1, 0.15) is 10.5 Å². The molecule has 5 heteroatoms. The van der Waals surface area contributed by atoms with E-state index in [4.69, 9.17) is 9.84 Å². The summed E-state index contributed by atoms with van der Waals surface area (Å²) in [6.45, 7) is 5.45. The normalized spacial score (nSPS) is 11.2. The smallest absolute Gasteiger partial charge is 0.345 e. The first-order valence-electron chi connectivity index (χ1n) is 5.32. The summed E-state index contributed by atoms with van der Waals surface area (Å²) < 4.78 is 5.16. The summed E-state index contributed by atoms with van der Waals surface area (Å²) >= 11 is 1.19. The first-order valence-corrected chi connectivity index (χ1v) is 6.13. The van der Waals surface area contributed by atoms with Gasteiger partial charge in [-0.25, -0.2) is 4.79 Å². The van der Waals surface area contributed by atoms with E-state index in [2.05, 4.69) is 0 Å². The third-order valence-electron chi connectivity index (χ3n) is 1.87. The second-order valence-electron chi connectivity index (χ2n) is 4.66. The van der Waals surface area contributed by atoms with E-state index >= 15 is 0 Å². The van der Waals surface area contributed by atoms with Crippen LogP contribution in [0.25, 0.3) is 0 Å². The van der Waals surface area contributed by atoms with Crippen molar-refractivity contribution in [2.24, 2.45) is 0 Å². The van der Waals surface area contributed by atoms with Crippen LogP contribution in [0.5, 0.6) is 0 Å². The summed E-state index contributed by atoms with van der Waals surface area (Å²) in [6.07, 6.45) is 0.795. The first-order chi connectivity index (χ1) is 7.78. The van der Waals surface area contributed by atoms with Crippen molar-refractivity contribution in [2.45, 2.75) is 39.2 Å². The van der Waals surface area contributed by atoms with E-state index in [9.17, 15) is 9.59 Å². The number of carboxylic acids is 1. The summed E-state index contributed by atoms with van der Waals surface area (Å²) in [5.41, 5.74) is -0.473. The molecule has 17 heavy (non-hydrogen) atoms. The first kappa shape index (κ1) is 13.7. The number of esters is 1. The number of hydrogen-bond donors (Lipinski definition) is 1. The summed E-state index contributed by atoms with van der Waals surface area (Å²) in [4.78, 5) is 23.3. The molecule has 94 valence electrons. The van der Waals surface area contributed by atoms with Gasteiger partial charge in [0.2, 0.25) is 0 Å². The molecule has 0 bridgehead atoms. The molecule has 0 aliphatic carbocycles. The number of aryl methyl sites for hydroxylation is 1. The standard InChI is InChI=1S/C12H16O4S/c1-12(2,3)16-10(13)7-5-8-4-6-9(17-8)11(14)15/h4,6H,5,7H2,1-3H3,(H,14,15). The zero-order valence-electron chi connectivity index (χ0n) is 10.1. The highest BCUT2D eigenvalue weighted by Gasteiger charge is 2.16. The Kier molecular flexibility index (Phi) is 4.28. The maximum Gasteiger partial charge on any atom is 0.345 e. The molecular weight excluding hydrogens is 240 g/mol. The molecule has 1 aromatic rings. The Morgan fingerprint density at radius 2 is 2.00 bits per heavy atom. The number of carbonyl (C=O) groups is 2. The minimum Gasteiger partial charge on any atom is -0.477 e. The van der Waals surface area contributed by atoms with Crippen LogP contribution in [-0.2, 0) is 16.0 Å². The molecule has 0 atom stereocenters. The molecule has 0 saturated carbocycles. The van der Waals surface area contributed by atoms with E-state index < -0.39 is 11.6 Å². The Morgan fingerprint density at radius 3 is 2.47 bits per heavy atom. The van der Waals surface area contributed by atoms with Gasteiger partial charge in [0.25, 0.3) is 0 Å². The van der Waals surface area contributed by atoms with Crippen molar-refractivity contribution in [3.8, 4) is 0 Å². The SMILES string of the molecule is CC(C)(C)OC(=O)CCc1ccc(C(=O)O)s1. The van der Waals surface area contributed by atoms with Gasteiger partial charge in [0.15, 0.2) is 0 Å². The van der Waals surface area contributed by atoms with Crippen LogP contribution in [0, 0.1) is 0 Å². The highest BCUT2D eigenvalue weighted by Crippen LogP contribution is 2.18. The van der Waals surface area contributed by atoms with Crippen LogP contribution >= 0.6 is 11.3 Å². The van der Waals surface area contributed by atoms with Crippen molar-refractivity contribution in [3.63, 3.8) is 0 Å². The van der Waals surface area contributed by atoms with Crippen LogP contribution in [0.3, 0.4) is 0 Å². The van der Waals surface area contributed by atoms with Crippen LogP contribution in [-0.4, -0.2) is 22.6 Å². The molecule has 0 aromatic carbocycles. The maximum atomic E-state index is 11.4.